The molecule has 3 rings (SSSR count). The van der Waals surface area contributed by atoms with Crippen LogP contribution in [0.1, 0.15) is 24.1 Å². The molecule has 1 saturated heterocycles. The van der Waals surface area contributed by atoms with Crippen LogP contribution in [0.5, 0.6) is 0 Å². The van der Waals surface area contributed by atoms with Crippen molar-refractivity contribution in [1.82, 2.24) is 4.90 Å². The van der Waals surface area contributed by atoms with E-state index in [2.05, 4.69) is 60.2 Å². The number of benzene rings is 2. The minimum absolute atomic E-state index is 0.307. The number of hydrogen-bond acceptors (Lipinski definition) is 3. The van der Waals surface area contributed by atoms with Crippen LogP contribution in [0.3, 0.4) is 0 Å². The van der Waals surface area contributed by atoms with Gasteiger partial charge in [-0.1, -0.05) is 41.9 Å². The van der Waals surface area contributed by atoms with E-state index >= 15 is 0 Å². The number of rotatable bonds is 5. The molecule has 1 aliphatic heterocycles. The number of ether oxygens (including phenoxy) is 1. The summed E-state index contributed by atoms with van der Waals surface area (Å²) in [7, 11) is 2.17. The third kappa shape index (κ3) is 4.10. The summed E-state index contributed by atoms with van der Waals surface area (Å²) in [6.07, 6.45) is 0. The Hall–Kier alpha value is -1.55. The second kappa shape index (κ2) is 8.02. The van der Waals surface area contributed by atoms with Gasteiger partial charge < -0.3 is 9.64 Å². The van der Waals surface area contributed by atoms with Gasteiger partial charge in [-0.15, -0.1) is 0 Å². The average Bonchev–Trinajstić information content (AvgIpc) is 2.62. The minimum atomic E-state index is 0.307. The highest BCUT2D eigenvalue weighted by Gasteiger charge is 2.17. The third-order valence-electron chi connectivity index (χ3n) is 4.76. The number of morpholine rings is 1. The van der Waals surface area contributed by atoms with Crippen molar-refractivity contribution in [3.63, 3.8) is 0 Å². The Labute approximate surface area is 149 Å². The van der Waals surface area contributed by atoms with Gasteiger partial charge in [-0.2, -0.15) is 0 Å². The second-order valence-electron chi connectivity index (χ2n) is 6.37. The molecule has 0 spiro atoms. The van der Waals surface area contributed by atoms with Crippen molar-refractivity contribution in [2.24, 2.45) is 0 Å². The molecule has 0 aliphatic carbocycles. The van der Waals surface area contributed by atoms with E-state index in [4.69, 9.17) is 16.3 Å². The van der Waals surface area contributed by atoms with Crippen molar-refractivity contribution in [2.45, 2.75) is 19.5 Å². The van der Waals surface area contributed by atoms with Crippen molar-refractivity contribution >= 4 is 17.3 Å². The molecule has 0 N–H and O–H groups in total. The maximum absolute atomic E-state index is 6.14. The molecule has 3 nitrogen and oxygen atoms in total. The Bertz CT molecular complexity index is 670. The van der Waals surface area contributed by atoms with E-state index in [1.54, 1.807) is 0 Å². The van der Waals surface area contributed by atoms with Gasteiger partial charge in [0.05, 0.1) is 13.2 Å². The lowest BCUT2D eigenvalue weighted by atomic mass is 10.1. The van der Waals surface area contributed by atoms with E-state index in [-0.39, 0.29) is 0 Å². The van der Waals surface area contributed by atoms with Gasteiger partial charge in [0.2, 0.25) is 0 Å². The predicted octanol–water partition coefficient (Wildman–Crippen LogP) is 4.37. The molecule has 0 radical (unpaired) electrons. The van der Waals surface area contributed by atoms with Crippen LogP contribution in [0.2, 0.25) is 5.02 Å². The molecule has 1 aliphatic rings. The molecule has 1 fully saturated rings. The number of hydrogen-bond donors (Lipinski definition) is 0. The second-order valence-corrected chi connectivity index (χ2v) is 6.81. The highest BCUT2D eigenvalue weighted by atomic mass is 35.5. The fourth-order valence-corrected chi connectivity index (χ4v) is 3.38. The Morgan fingerprint density at radius 1 is 1.12 bits per heavy atom. The zero-order valence-corrected chi connectivity index (χ0v) is 15.2. The number of para-hydroxylation sites is 1. The van der Waals surface area contributed by atoms with Gasteiger partial charge in [-0.05, 0) is 43.3 Å². The Balaban J connectivity index is 1.75. The fourth-order valence-electron chi connectivity index (χ4n) is 3.18. The zero-order valence-electron chi connectivity index (χ0n) is 14.4. The Morgan fingerprint density at radius 3 is 2.62 bits per heavy atom. The highest BCUT2D eigenvalue weighted by molar-refractivity contribution is 6.30. The molecule has 2 aromatic carbocycles. The van der Waals surface area contributed by atoms with Crippen LogP contribution in [0.4, 0.5) is 5.69 Å². The first-order chi connectivity index (χ1) is 11.6. The van der Waals surface area contributed by atoms with Gasteiger partial charge in [0, 0.05) is 36.4 Å². The molecule has 2 aromatic rings. The summed E-state index contributed by atoms with van der Waals surface area (Å²) in [4.78, 5) is 4.79. The molecular weight excluding hydrogens is 320 g/mol. The lowest BCUT2D eigenvalue weighted by Gasteiger charge is -2.32. The maximum Gasteiger partial charge on any atom is 0.0642 e. The topological polar surface area (TPSA) is 15.7 Å². The summed E-state index contributed by atoms with van der Waals surface area (Å²) in [5.41, 5.74) is 3.93. The van der Waals surface area contributed by atoms with E-state index in [0.29, 0.717) is 6.04 Å². The van der Waals surface area contributed by atoms with Crippen LogP contribution in [-0.2, 0) is 11.3 Å². The molecule has 1 heterocycles. The van der Waals surface area contributed by atoms with Crippen LogP contribution in [-0.4, -0.2) is 38.3 Å². The lowest BCUT2D eigenvalue weighted by Crippen LogP contribution is -2.37. The first kappa shape index (κ1) is 17.3. The molecule has 1 atom stereocenters. The predicted molar refractivity (Wildman–Crippen MR) is 101 cm³/mol. The van der Waals surface area contributed by atoms with Gasteiger partial charge in [0.1, 0.15) is 0 Å². The number of anilines is 1. The van der Waals surface area contributed by atoms with Gasteiger partial charge in [0.25, 0.3) is 0 Å². The van der Waals surface area contributed by atoms with Gasteiger partial charge in [0.15, 0.2) is 0 Å². The quantitative estimate of drug-likeness (QED) is 0.801. The summed E-state index contributed by atoms with van der Waals surface area (Å²) < 4.78 is 5.48. The van der Waals surface area contributed by atoms with Crippen LogP contribution >= 0.6 is 11.6 Å². The van der Waals surface area contributed by atoms with E-state index in [1.807, 2.05) is 12.1 Å². The Morgan fingerprint density at radius 2 is 1.88 bits per heavy atom. The van der Waals surface area contributed by atoms with Crippen LogP contribution < -0.4 is 4.90 Å². The molecule has 4 heteroatoms. The SMILES string of the molecule is CC(c1cccc(Cl)c1)N(C)Cc1ccccc1N1CCOCC1. The van der Waals surface area contributed by atoms with E-state index in [1.165, 1.54) is 16.8 Å². The first-order valence-corrected chi connectivity index (χ1v) is 8.89. The molecule has 1 unspecified atom stereocenters. The molecule has 0 bridgehead atoms. The highest BCUT2D eigenvalue weighted by Crippen LogP contribution is 2.27. The van der Waals surface area contributed by atoms with Crippen LogP contribution in [0, 0.1) is 0 Å². The fraction of sp³-hybridized carbons (Fsp3) is 0.400. The molecule has 128 valence electrons. The smallest absolute Gasteiger partial charge is 0.0642 e. The molecule has 0 aromatic heterocycles. The lowest BCUT2D eigenvalue weighted by molar-refractivity contribution is 0.122. The summed E-state index contributed by atoms with van der Waals surface area (Å²) in [6.45, 7) is 6.67. The molecule has 0 saturated carbocycles. The number of nitrogens with zero attached hydrogens (tertiary/aromatic N) is 2. The van der Waals surface area contributed by atoms with E-state index in [9.17, 15) is 0 Å². The average molecular weight is 345 g/mol. The van der Waals surface area contributed by atoms with Crippen LogP contribution in [0.15, 0.2) is 48.5 Å². The van der Waals surface area contributed by atoms with Crippen LogP contribution in [0.25, 0.3) is 0 Å². The molecule has 24 heavy (non-hydrogen) atoms. The molecule has 0 amide bonds. The first-order valence-electron chi connectivity index (χ1n) is 8.51. The van der Waals surface area contributed by atoms with Crippen molar-refractivity contribution in [3.05, 3.63) is 64.7 Å². The minimum Gasteiger partial charge on any atom is -0.378 e. The van der Waals surface area contributed by atoms with E-state index < -0.39 is 0 Å². The monoisotopic (exact) mass is 344 g/mol. The zero-order chi connectivity index (χ0) is 16.9. The maximum atomic E-state index is 6.14. The van der Waals surface area contributed by atoms with Crippen molar-refractivity contribution in [2.75, 3.05) is 38.3 Å². The summed E-state index contributed by atoms with van der Waals surface area (Å²) in [5, 5.41) is 0.793. The van der Waals surface area contributed by atoms with Crippen molar-refractivity contribution < 1.29 is 4.74 Å². The normalized spacial score (nSPS) is 16.4. The van der Waals surface area contributed by atoms with Crippen molar-refractivity contribution in [1.29, 1.82) is 0 Å². The number of halogens is 1. The standard InChI is InChI=1S/C20H25ClN2O/c1-16(17-7-5-8-19(21)14-17)22(2)15-18-6-3-4-9-20(18)23-10-12-24-13-11-23/h3-9,14,16H,10-13,15H2,1-2H3. The summed E-state index contributed by atoms with van der Waals surface area (Å²) >= 11 is 6.14. The van der Waals surface area contributed by atoms with Gasteiger partial charge >= 0.3 is 0 Å². The summed E-state index contributed by atoms with van der Waals surface area (Å²) in [5.74, 6) is 0. The summed E-state index contributed by atoms with van der Waals surface area (Å²) in [6, 6.07) is 17.1. The van der Waals surface area contributed by atoms with Gasteiger partial charge in [-0.25, -0.2) is 0 Å². The third-order valence-corrected chi connectivity index (χ3v) is 4.99. The molecular formula is C20H25ClN2O. The van der Waals surface area contributed by atoms with E-state index in [0.717, 1.165) is 37.9 Å². The van der Waals surface area contributed by atoms with Gasteiger partial charge in [-0.3, -0.25) is 4.90 Å². The van der Waals surface area contributed by atoms with Crippen molar-refractivity contribution in [3.8, 4) is 0 Å². The Kier molecular flexibility index (Phi) is 5.77. The largest absolute Gasteiger partial charge is 0.378 e.